The van der Waals surface area contributed by atoms with E-state index in [1.54, 1.807) is 0 Å². The van der Waals surface area contributed by atoms with Crippen LogP contribution in [0.1, 0.15) is 31.4 Å². The molecule has 1 aliphatic heterocycles. The minimum absolute atomic E-state index is 0.611. The van der Waals surface area contributed by atoms with E-state index in [1.807, 2.05) is 50.7 Å². The van der Waals surface area contributed by atoms with Crippen LogP contribution in [0.15, 0.2) is 151 Å². The molecule has 0 bridgehead atoms. The predicted octanol–water partition coefficient (Wildman–Crippen LogP) is 7.59. The molecular formula is C40H42N5+. The second-order valence-electron chi connectivity index (χ2n) is 11.8. The van der Waals surface area contributed by atoms with Crippen molar-refractivity contribution in [2.24, 2.45) is 4.99 Å². The number of fused-ring (bicyclic) bond motifs is 3. The molecule has 0 saturated carbocycles. The summed E-state index contributed by atoms with van der Waals surface area (Å²) in [6.45, 7) is 12.4. The van der Waals surface area contributed by atoms with Crippen LogP contribution >= 0.6 is 0 Å². The Bertz CT molecular complexity index is 1970. The van der Waals surface area contributed by atoms with Gasteiger partial charge < -0.3 is 4.57 Å². The molecule has 0 amide bonds. The Kier molecular flexibility index (Phi) is 9.21. The Balaban J connectivity index is 2.04. The normalized spacial score (nSPS) is 15.6. The zero-order valence-corrected chi connectivity index (χ0v) is 27.0. The van der Waals surface area contributed by atoms with E-state index in [0.29, 0.717) is 4.48 Å². The highest BCUT2D eigenvalue weighted by molar-refractivity contribution is 5.83. The van der Waals surface area contributed by atoms with E-state index >= 15 is 0 Å². The van der Waals surface area contributed by atoms with E-state index in [0.717, 1.165) is 61.8 Å². The van der Waals surface area contributed by atoms with Gasteiger partial charge in [0.15, 0.2) is 0 Å². The average Bonchev–Trinajstić information content (AvgIpc) is 3.18. The molecule has 0 spiro atoms. The maximum absolute atomic E-state index is 5.54. The molecule has 0 radical (unpaired) electrons. The van der Waals surface area contributed by atoms with E-state index in [2.05, 4.69) is 140 Å². The van der Waals surface area contributed by atoms with Gasteiger partial charge in [-0.2, -0.15) is 0 Å². The summed E-state index contributed by atoms with van der Waals surface area (Å²) in [4.78, 5) is 14.8. The second-order valence-corrected chi connectivity index (χ2v) is 11.8. The second kappa shape index (κ2) is 13.2. The molecule has 5 nitrogen and oxygen atoms in total. The van der Waals surface area contributed by atoms with Crippen molar-refractivity contribution in [2.75, 3.05) is 21.1 Å². The summed E-state index contributed by atoms with van der Waals surface area (Å²) < 4.78 is 3.00. The number of nitrogens with zero attached hydrogens (tertiary/aromatic N) is 5. The number of quaternary nitrogens is 1. The monoisotopic (exact) mass is 592 g/mol. The molecule has 45 heavy (non-hydrogen) atoms. The Labute approximate surface area is 266 Å². The van der Waals surface area contributed by atoms with Crippen LogP contribution in [-0.4, -0.2) is 35.7 Å². The lowest BCUT2D eigenvalue weighted by atomic mass is 9.74. The van der Waals surface area contributed by atoms with Crippen LogP contribution in [0.3, 0.4) is 0 Å². The fourth-order valence-electron chi connectivity index (χ4n) is 6.14. The summed E-state index contributed by atoms with van der Waals surface area (Å²) in [7, 11) is 6.37. The van der Waals surface area contributed by atoms with Crippen molar-refractivity contribution in [3.05, 3.63) is 168 Å². The average molecular weight is 593 g/mol. The smallest absolute Gasteiger partial charge is 0.227 e. The molecule has 0 N–H and O–H groups in total. The van der Waals surface area contributed by atoms with Crippen LogP contribution in [0, 0.1) is 0 Å². The summed E-state index contributed by atoms with van der Waals surface area (Å²) in [5.74, 6) is 0.967. The number of allylic oxidation sites excluding steroid dienone is 11. The lowest BCUT2D eigenvalue weighted by molar-refractivity contribution is 0.473. The standard InChI is InChI=1S/C40H42N5/c1-8-16-31(17-9-2)40(32(18-10-3)19-11-4,33-20-13-12-14-21-33)44-37-25-26-41-29-35(37)34-22-15-23-36(43-39(34)44)30-24-27-42-38(28-30)45(5,6)7/h8-14,16-29H,1,3,15H2,2,4-7H3/q+1/b17-9-,19-11-,31-16+,32-18+. The first-order chi connectivity index (χ1) is 21.8. The SMILES string of the molecule is C=C/C=C(\C=C/C)C(C(/C=C\C)=C/C=C)(c1ccccc1)n1c2c(c3cnccc31)=CCC=C(c1ccnc([N+](C)(C)C)c1)N=2. The van der Waals surface area contributed by atoms with Crippen molar-refractivity contribution in [1.82, 2.24) is 19.0 Å². The van der Waals surface area contributed by atoms with E-state index < -0.39 is 5.54 Å². The number of rotatable bonds is 10. The molecule has 0 unspecified atom stereocenters. The van der Waals surface area contributed by atoms with Gasteiger partial charge in [0.05, 0.1) is 32.4 Å². The number of benzene rings is 1. The first kappa shape index (κ1) is 31.3. The molecular weight excluding hydrogens is 550 g/mol. The summed E-state index contributed by atoms with van der Waals surface area (Å²) >= 11 is 0. The molecule has 0 atom stereocenters. The van der Waals surface area contributed by atoms with E-state index in [1.165, 1.54) is 0 Å². The van der Waals surface area contributed by atoms with Crippen molar-refractivity contribution in [1.29, 1.82) is 0 Å². The van der Waals surface area contributed by atoms with Gasteiger partial charge in [-0.15, -0.1) is 0 Å². The van der Waals surface area contributed by atoms with Gasteiger partial charge >= 0.3 is 0 Å². The number of aromatic nitrogens is 3. The molecule has 4 aromatic rings. The van der Waals surface area contributed by atoms with Gasteiger partial charge in [0.25, 0.3) is 0 Å². The summed E-state index contributed by atoms with van der Waals surface area (Å²) in [6.07, 6.45) is 27.3. The molecule has 0 saturated heterocycles. The third-order valence-corrected chi connectivity index (χ3v) is 8.02. The first-order valence-corrected chi connectivity index (χ1v) is 15.3. The van der Waals surface area contributed by atoms with Gasteiger partial charge in [0.2, 0.25) is 5.82 Å². The van der Waals surface area contributed by atoms with Gasteiger partial charge in [-0.25, -0.2) is 9.98 Å². The van der Waals surface area contributed by atoms with Crippen molar-refractivity contribution in [3.8, 4) is 0 Å². The first-order valence-electron chi connectivity index (χ1n) is 15.3. The predicted molar refractivity (Wildman–Crippen MR) is 191 cm³/mol. The lowest BCUT2D eigenvalue weighted by Crippen LogP contribution is -2.46. The summed E-state index contributed by atoms with van der Waals surface area (Å²) in [5, 5.41) is 2.10. The van der Waals surface area contributed by atoms with E-state index in [9.17, 15) is 0 Å². The third-order valence-electron chi connectivity index (χ3n) is 8.02. The van der Waals surface area contributed by atoms with Gasteiger partial charge in [-0.1, -0.05) is 104 Å². The molecule has 226 valence electrons. The van der Waals surface area contributed by atoms with Gasteiger partial charge in [0.1, 0.15) is 11.0 Å². The van der Waals surface area contributed by atoms with E-state index in [-0.39, 0.29) is 0 Å². The molecule has 3 aromatic heterocycles. The highest BCUT2D eigenvalue weighted by Gasteiger charge is 2.42. The van der Waals surface area contributed by atoms with Gasteiger partial charge in [-0.05, 0) is 49.1 Å². The lowest BCUT2D eigenvalue weighted by Gasteiger charge is -2.40. The fraction of sp³-hybridized carbons (Fsp3) is 0.175. The molecule has 1 aromatic carbocycles. The Hall–Kier alpha value is -5.13. The van der Waals surface area contributed by atoms with Gasteiger partial charge in [0, 0.05) is 40.8 Å². The minimum atomic E-state index is -0.853. The Morgan fingerprint density at radius 1 is 0.889 bits per heavy atom. The fourth-order valence-corrected chi connectivity index (χ4v) is 6.14. The maximum Gasteiger partial charge on any atom is 0.227 e. The molecule has 5 heteroatoms. The highest BCUT2D eigenvalue weighted by Crippen LogP contribution is 2.43. The largest absolute Gasteiger partial charge is 0.307 e. The third kappa shape index (κ3) is 5.75. The number of hydrogen-bond donors (Lipinski definition) is 0. The minimum Gasteiger partial charge on any atom is -0.307 e. The van der Waals surface area contributed by atoms with Crippen LogP contribution in [0.5, 0.6) is 0 Å². The van der Waals surface area contributed by atoms with Crippen molar-refractivity contribution >= 4 is 28.5 Å². The van der Waals surface area contributed by atoms with Crippen LogP contribution in [0.2, 0.25) is 0 Å². The number of hydrogen-bond acceptors (Lipinski definition) is 3. The van der Waals surface area contributed by atoms with Crippen LogP contribution in [0.4, 0.5) is 5.82 Å². The molecule has 0 aliphatic carbocycles. The van der Waals surface area contributed by atoms with Crippen molar-refractivity contribution < 1.29 is 0 Å². The Morgan fingerprint density at radius 3 is 2.20 bits per heavy atom. The molecule has 4 heterocycles. The topological polar surface area (TPSA) is 43.1 Å². The van der Waals surface area contributed by atoms with Crippen molar-refractivity contribution in [2.45, 2.75) is 25.8 Å². The Morgan fingerprint density at radius 2 is 1.58 bits per heavy atom. The quantitative estimate of drug-likeness (QED) is 0.141. The van der Waals surface area contributed by atoms with E-state index in [4.69, 9.17) is 4.99 Å². The molecule has 0 fully saturated rings. The molecule has 1 aliphatic rings. The van der Waals surface area contributed by atoms with Crippen LogP contribution in [0.25, 0.3) is 22.7 Å². The summed E-state index contributed by atoms with van der Waals surface area (Å²) in [6, 6.07) is 16.9. The maximum atomic E-state index is 5.54. The zero-order chi connectivity index (χ0) is 32.0. The summed E-state index contributed by atoms with van der Waals surface area (Å²) in [5.41, 5.74) is 6.12. The van der Waals surface area contributed by atoms with Crippen LogP contribution < -0.4 is 15.2 Å². The van der Waals surface area contributed by atoms with Crippen molar-refractivity contribution in [3.63, 3.8) is 0 Å². The zero-order valence-electron chi connectivity index (χ0n) is 27.0. The molecule has 5 rings (SSSR count). The number of pyridine rings is 2. The van der Waals surface area contributed by atoms with Crippen LogP contribution in [-0.2, 0) is 5.54 Å². The van der Waals surface area contributed by atoms with Gasteiger partial charge in [-0.3, -0.25) is 9.47 Å². The highest BCUT2D eigenvalue weighted by atomic mass is 15.3.